The standard InChI is InChI=1S/C13H18ClN3O2S/c1-3-17(20(2,18)19)8-4-7-16-13-6-5-12(14)9-11(13)10-15/h5-6,9,16H,3-4,7-8H2,1-2H3. The van der Waals surface area contributed by atoms with Gasteiger partial charge in [-0.25, -0.2) is 12.7 Å². The number of rotatable bonds is 7. The number of halogens is 1. The predicted octanol–water partition coefficient (Wildman–Crippen LogP) is 2.30. The monoisotopic (exact) mass is 315 g/mol. The maximum Gasteiger partial charge on any atom is 0.211 e. The van der Waals surface area contributed by atoms with Crippen LogP contribution in [0.15, 0.2) is 18.2 Å². The van der Waals surface area contributed by atoms with Crippen molar-refractivity contribution >= 4 is 27.3 Å². The van der Waals surface area contributed by atoms with Gasteiger partial charge in [0.2, 0.25) is 10.0 Å². The minimum atomic E-state index is -3.14. The number of sulfonamides is 1. The molecule has 0 unspecified atom stereocenters. The first-order chi connectivity index (χ1) is 9.38. The molecule has 0 bridgehead atoms. The van der Waals surface area contributed by atoms with Crippen LogP contribution in [0.3, 0.4) is 0 Å². The topological polar surface area (TPSA) is 73.2 Å². The summed E-state index contributed by atoms with van der Waals surface area (Å²) in [6.45, 7) is 3.31. The molecule has 110 valence electrons. The highest BCUT2D eigenvalue weighted by molar-refractivity contribution is 7.88. The molecule has 0 saturated heterocycles. The lowest BCUT2D eigenvalue weighted by molar-refractivity contribution is 0.429. The molecule has 1 rings (SSSR count). The van der Waals surface area contributed by atoms with Gasteiger partial charge in [-0.05, 0) is 24.6 Å². The highest BCUT2D eigenvalue weighted by atomic mass is 35.5. The lowest BCUT2D eigenvalue weighted by atomic mass is 10.2. The van der Waals surface area contributed by atoms with Gasteiger partial charge in [0.05, 0.1) is 17.5 Å². The second-order valence-electron chi connectivity index (χ2n) is 4.34. The van der Waals surface area contributed by atoms with Crippen LogP contribution in [0, 0.1) is 11.3 Å². The van der Waals surface area contributed by atoms with E-state index in [1.54, 1.807) is 18.2 Å². The number of benzene rings is 1. The lowest BCUT2D eigenvalue weighted by Gasteiger charge is -2.18. The van der Waals surface area contributed by atoms with E-state index in [1.165, 1.54) is 10.6 Å². The third-order valence-electron chi connectivity index (χ3n) is 2.82. The maximum atomic E-state index is 11.4. The van der Waals surface area contributed by atoms with Gasteiger partial charge in [0.15, 0.2) is 0 Å². The molecule has 5 nitrogen and oxygen atoms in total. The summed E-state index contributed by atoms with van der Waals surface area (Å²) in [6, 6.07) is 7.12. The van der Waals surface area contributed by atoms with Gasteiger partial charge in [0, 0.05) is 24.7 Å². The van der Waals surface area contributed by atoms with Gasteiger partial charge in [-0.1, -0.05) is 18.5 Å². The van der Waals surface area contributed by atoms with Crippen molar-refractivity contribution in [3.63, 3.8) is 0 Å². The molecule has 0 spiro atoms. The molecule has 1 aromatic rings. The third kappa shape index (κ3) is 5.00. The van der Waals surface area contributed by atoms with Crippen LogP contribution in [-0.2, 0) is 10.0 Å². The average molecular weight is 316 g/mol. The van der Waals surface area contributed by atoms with Gasteiger partial charge in [-0.2, -0.15) is 5.26 Å². The predicted molar refractivity (Wildman–Crippen MR) is 81.4 cm³/mol. The van der Waals surface area contributed by atoms with E-state index >= 15 is 0 Å². The van der Waals surface area contributed by atoms with Crippen molar-refractivity contribution in [2.45, 2.75) is 13.3 Å². The van der Waals surface area contributed by atoms with E-state index in [0.29, 0.717) is 42.3 Å². The Kier molecular flexibility index (Phi) is 6.27. The van der Waals surface area contributed by atoms with Crippen LogP contribution in [0.1, 0.15) is 18.9 Å². The first kappa shape index (κ1) is 16.8. The molecule has 0 heterocycles. The van der Waals surface area contributed by atoms with Crippen LogP contribution in [0.25, 0.3) is 0 Å². The van der Waals surface area contributed by atoms with Crippen molar-refractivity contribution < 1.29 is 8.42 Å². The van der Waals surface area contributed by atoms with Gasteiger partial charge in [0.1, 0.15) is 6.07 Å². The molecule has 0 aliphatic rings. The maximum absolute atomic E-state index is 11.4. The Bertz CT molecular complexity index is 596. The van der Waals surface area contributed by atoms with Crippen molar-refractivity contribution in [2.24, 2.45) is 0 Å². The molecule has 0 aromatic heterocycles. The van der Waals surface area contributed by atoms with E-state index in [-0.39, 0.29) is 0 Å². The molecule has 0 amide bonds. The summed E-state index contributed by atoms with van der Waals surface area (Å²) in [5, 5.41) is 12.6. The minimum Gasteiger partial charge on any atom is -0.384 e. The van der Waals surface area contributed by atoms with Crippen LogP contribution in [0.2, 0.25) is 5.02 Å². The summed E-state index contributed by atoms with van der Waals surface area (Å²) in [5.41, 5.74) is 1.19. The first-order valence-electron chi connectivity index (χ1n) is 6.27. The van der Waals surface area contributed by atoms with Crippen LogP contribution in [0.5, 0.6) is 0 Å². The van der Waals surface area contributed by atoms with Gasteiger partial charge in [-0.15, -0.1) is 0 Å². The SMILES string of the molecule is CCN(CCCNc1ccc(Cl)cc1C#N)S(C)(=O)=O. The van der Waals surface area contributed by atoms with E-state index < -0.39 is 10.0 Å². The third-order valence-corrected chi connectivity index (χ3v) is 4.44. The Morgan fingerprint density at radius 1 is 1.45 bits per heavy atom. The summed E-state index contributed by atoms with van der Waals surface area (Å²) in [6.07, 6.45) is 1.87. The van der Waals surface area contributed by atoms with Crippen molar-refractivity contribution in [2.75, 3.05) is 31.2 Å². The van der Waals surface area contributed by atoms with Crippen molar-refractivity contribution in [3.05, 3.63) is 28.8 Å². The van der Waals surface area contributed by atoms with Crippen LogP contribution in [0.4, 0.5) is 5.69 Å². The quantitative estimate of drug-likeness (QED) is 0.784. The number of nitrogens with zero attached hydrogens (tertiary/aromatic N) is 2. The second kappa shape index (κ2) is 7.48. The van der Waals surface area contributed by atoms with Gasteiger partial charge < -0.3 is 5.32 Å². The average Bonchev–Trinajstić information content (AvgIpc) is 2.38. The molecule has 0 saturated carbocycles. The number of nitriles is 1. The molecular formula is C13H18ClN3O2S. The second-order valence-corrected chi connectivity index (χ2v) is 6.76. The molecule has 0 radical (unpaired) electrons. The number of nitrogens with one attached hydrogen (secondary N) is 1. The zero-order valence-corrected chi connectivity index (χ0v) is 13.1. The number of anilines is 1. The Balaban J connectivity index is 2.52. The molecule has 0 aliphatic carbocycles. The van der Waals surface area contributed by atoms with E-state index in [1.807, 2.05) is 6.92 Å². The summed E-state index contributed by atoms with van der Waals surface area (Å²) in [4.78, 5) is 0. The Labute approximate surface area is 125 Å². The van der Waals surface area contributed by atoms with Crippen molar-refractivity contribution in [1.82, 2.24) is 4.31 Å². The Hall–Kier alpha value is -1.29. The summed E-state index contributed by atoms with van der Waals surface area (Å²) in [7, 11) is -3.14. The zero-order valence-electron chi connectivity index (χ0n) is 11.6. The molecule has 20 heavy (non-hydrogen) atoms. The van der Waals surface area contributed by atoms with Crippen molar-refractivity contribution in [3.8, 4) is 6.07 Å². The molecule has 7 heteroatoms. The van der Waals surface area contributed by atoms with E-state index in [9.17, 15) is 8.42 Å². The normalized spacial score (nSPS) is 11.3. The molecule has 0 aliphatic heterocycles. The fourth-order valence-electron chi connectivity index (χ4n) is 1.80. The minimum absolute atomic E-state index is 0.456. The molecule has 0 atom stereocenters. The van der Waals surface area contributed by atoms with E-state index in [4.69, 9.17) is 16.9 Å². The number of hydrogen-bond acceptors (Lipinski definition) is 4. The largest absolute Gasteiger partial charge is 0.384 e. The summed E-state index contributed by atoms with van der Waals surface area (Å²) >= 11 is 5.82. The highest BCUT2D eigenvalue weighted by Gasteiger charge is 2.13. The fraction of sp³-hybridized carbons (Fsp3) is 0.462. The van der Waals surface area contributed by atoms with Crippen LogP contribution < -0.4 is 5.32 Å². The summed E-state index contributed by atoms with van der Waals surface area (Å²) < 4.78 is 24.2. The van der Waals surface area contributed by atoms with Crippen LogP contribution >= 0.6 is 11.6 Å². The van der Waals surface area contributed by atoms with Gasteiger partial charge >= 0.3 is 0 Å². The van der Waals surface area contributed by atoms with Crippen molar-refractivity contribution in [1.29, 1.82) is 5.26 Å². The molecule has 1 aromatic carbocycles. The highest BCUT2D eigenvalue weighted by Crippen LogP contribution is 2.19. The first-order valence-corrected chi connectivity index (χ1v) is 8.49. The smallest absolute Gasteiger partial charge is 0.211 e. The molecule has 0 fully saturated rings. The van der Waals surface area contributed by atoms with E-state index in [0.717, 1.165) is 0 Å². The lowest BCUT2D eigenvalue weighted by Crippen LogP contribution is -2.31. The Morgan fingerprint density at radius 2 is 2.15 bits per heavy atom. The Morgan fingerprint density at radius 3 is 2.70 bits per heavy atom. The van der Waals surface area contributed by atoms with Gasteiger partial charge in [-0.3, -0.25) is 0 Å². The number of hydrogen-bond donors (Lipinski definition) is 1. The van der Waals surface area contributed by atoms with E-state index in [2.05, 4.69) is 11.4 Å². The zero-order chi connectivity index (χ0) is 15.2. The van der Waals surface area contributed by atoms with Gasteiger partial charge in [0.25, 0.3) is 0 Å². The summed E-state index contributed by atoms with van der Waals surface area (Å²) in [5.74, 6) is 0. The molecule has 1 N–H and O–H groups in total. The van der Waals surface area contributed by atoms with Crippen LogP contribution in [-0.4, -0.2) is 38.6 Å². The molecular weight excluding hydrogens is 298 g/mol. The fourth-order valence-corrected chi connectivity index (χ4v) is 2.90.